The highest BCUT2D eigenvalue weighted by Gasteiger charge is 2.33. The number of carbonyl (C=O) groups excluding carboxylic acids is 1. The maximum absolute atomic E-state index is 11.3. The van der Waals surface area contributed by atoms with Gasteiger partial charge in [-0.05, 0) is 24.3 Å². The van der Waals surface area contributed by atoms with E-state index in [1.54, 1.807) is 24.3 Å². The maximum Gasteiger partial charge on any atom is 0.236 e. The van der Waals surface area contributed by atoms with Crippen LogP contribution in [0.5, 0.6) is 0 Å². The topological polar surface area (TPSA) is 93.2 Å². The molecule has 1 unspecified atom stereocenters. The summed E-state index contributed by atoms with van der Waals surface area (Å²) in [5, 5.41) is 9.03. The lowest BCUT2D eigenvalue weighted by atomic mass is 9.88. The van der Waals surface area contributed by atoms with Crippen molar-refractivity contribution >= 4 is 5.91 Å². The van der Waals surface area contributed by atoms with Crippen molar-refractivity contribution in [2.75, 3.05) is 0 Å². The van der Waals surface area contributed by atoms with Crippen molar-refractivity contribution in [2.45, 2.75) is 5.92 Å². The summed E-state index contributed by atoms with van der Waals surface area (Å²) >= 11 is 0. The van der Waals surface area contributed by atoms with E-state index in [9.17, 15) is 4.79 Å². The molecule has 0 radical (unpaired) electrons. The molecule has 2 heterocycles. The van der Waals surface area contributed by atoms with Crippen LogP contribution in [0.25, 0.3) is 0 Å². The Kier molecular flexibility index (Phi) is 2.97. The standard InChI is InChI=1S/C12H10N2O3/c13-7-8(12(14)15)11(9-3-1-5-16-9)10-4-2-6-17-10/h1-6,8,11H,(H2,14,15). The largest absolute Gasteiger partial charge is 0.469 e. The second-order valence-electron chi connectivity index (χ2n) is 3.52. The molecule has 5 heteroatoms. The van der Waals surface area contributed by atoms with E-state index in [4.69, 9.17) is 19.8 Å². The zero-order valence-corrected chi connectivity index (χ0v) is 8.87. The minimum absolute atomic E-state index is 0.477. The van der Waals surface area contributed by atoms with E-state index < -0.39 is 17.7 Å². The van der Waals surface area contributed by atoms with Crippen LogP contribution in [0.3, 0.4) is 0 Å². The lowest BCUT2D eigenvalue weighted by Crippen LogP contribution is -2.28. The number of nitrogens with two attached hydrogens (primary N) is 1. The Balaban J connectivity index is 2.45. The van der Waals surface area contributed by atoms with Crippen molar-refractivity contribution in [3.05, 3.63) is 48.3 Å². The summed E-state index contributed by atoms with van der Waals surface area (Å²) in [6.45, 7) is 0. The second kappa shape index (κ2) is 4.58. The molecule has 1 atom stereocenters. The summed E-state index contributed by atoms with van der Waals surface area (Å²) in [4.78, 5) is 11.3. The van der Waals surface area contributed by atoms with E-state index in [0.717, 1.165) is 0 Å². The van der Waals surface area contributed by atoms with E-state index in [1.807, 2.05) is 6.07 Å². The van der Waals surface area contributed by atoms with Gasteiger partial charge in [0.25, 0.3) is 0 Å². The first-order valence-electron chi connectivity index (χ1n) is 4.99. The summed E-state index contributed by atoms with van der Waals surface area (Å²) in [5.74, 6) is -1.38. The third kappa shape index (κ3) is 2.06. The molecule has 0 aromatic carbocycles. The van der Waals surface area contributed by atoms with Crippen LogP contribution in [0.2, 0.25) is 0 Å². The first kappa shape index (κ1) is 11.0. The highest BCUT2D eigenvalue weighted by atomic mass is 16.3. The van der Waals surface area contributed by atoms with Crippen LogP contribution in [0.4, 0.5) is 0 Å². The number of carbonyl (C=O) groups is 1. The Morgan fingerprint density at radius 2 is 1.76 bits per heavy atom. The predicted molar refractivity (Wildman–Crippen MR) is 57.6 cm³/mol. The van der Waals surface area contributed by atoms with E-state index in [1.165, 1.54) is 12.5 Å². The molecule has 0 aliphatic rings. The molecule has 0 saturated carbocycles. The first-order valence-corrected chi connectivity index (χ1v) is 4.99. The predicted octanol–water partition coefficient (Wildman–Crippen LogP) is 1.63. The van der Waals surface area contributed by atoms with Gasteiger partial charge in [0, 0.05) is 0 Å². The number of primary amides is 1. The molecule has 0 saturated heterocycles. The summed E-state index contributed by atoms with van der Waals surface area (Å²) in [7, 11) is 0. The van der Waals surface area contributed by atoms with E-state index in [-0.39, 0.29) is 0 Å². The van der Waals surface area contributed by atoms with E-state index in [0.29, 0.717) is 11.5 Å². The lowest BCUT2D eigenvalue weighted by molar-refractivity contribution is -0.120. The highest BCUT2D eigenvalue weighted by molar-refractivity contribution is 5.80. The van der Waals surface area contributed by atoms with Crippen LogP contribution in [-0.4, -0.2) is 5.91 Å². The Hall–Kier alpha value is -2.48. The second-order valence-corrected chi connectivity index (χ2v) is 3.52. The molecule has 0 aliphatic heterocycles. The van der Waals surface area contributed by atoms with Crippen molar-refractivity contribution in [3.63, 3.8) is 0 Å². The molecule has 1 amide bonds. The van der Waals surface area contributed by atoms with Crippen molar-refractivity contribution in [1.82, 2.24) is 0 Å². The SMILES string of the molecule is N#CC(C(N)=O)C(c1ccco1)c1ccco1. The van der Waals surface area contributed by atoms with Crippen molar-refractivity contribution < 1.29 is 13.6 Å². The smallest absolute Gasteiger partial charge is 0.236 e. The van der Waals surface area contributed by atoms with Gasteiger partial charge >= 0.3 is 0 Å². The molecule has 2 rings (SSSR count). The zero-order valence-electron chi connectivity index (χ0n) is 8.87. The molecule has 2 N–H and O–H groups in total. The Labute approximate surface area is 97.4 Å². The molecular weight excluding hydrogens is 220 g/mol. The number of nitrogens with zero attached hydrogens (tertiary/aromatic N) is 1. The molecule has 2 aromatic rings. The Bertz CT molecular complexity index is 488. The van der Waals surface area contributed by atoms with Gasteiger partial charge < -0.3 is 14.6 Å². The lowest BCUT2D eigenvalue weighted by Gasteiger charge is -2.14. The fourth-order valence-electron chi connectivity index (χ4n) is 1.71. The van der Waals surface area contributed by atoms with Crippen molar-refractivity contribution in [3.8, 4) is 6.07 Å². The van der Waals surface area contributed by atoms with Crippen LogP contribution in [-0.2, 0) is 4.79 Å². The molecular formula is C12H10N2O3. The molecule has 0 aliphatic carbocycles. The highest BCUT2D eigenvalue weighted by Crippen LogP contribution is 2.32. The molecule has 0 bridgehead atoms. The number of nitriles is 1. The quantitative estimate of drug-likeness (QED) is 0.863. The number of hydrogen-bond donors (Lipinski definition) is 1. The number of hydrogen-bond acceptors (Lipinski definition) is 4. The normalized spacial score (nSPS) is 12.2. The van der Waals surface area contributed by atoms with Gasteiger partial charge in [-0.2, -0.15) is 5.26 Å². The average molecular weight is 230 g/mol. The van der Waals surface area contributed by atoms with Gasteiger partial charge in [-0.15, -0.1) is 0 Å². The third-order valence-electron chi connectivity index (χ3n) is 2.48. The van der Waals surface area contributed by atoms with Gasteiger partial charge in [0.1, 0.15) is 17.4 Å². The van der Waals surface area contributed by atoms with Crippen molar-refractivity contribution in [1.29, 1.82) is 5.26 Å². The number of amides is 1. The van der Waals surface area contributed by atoms with E-state index in [2.05, 4.69) is 0 Å². The summed E-state index contributed by atoms with van der Waals surface area (Å²) in [5.41, 5.74) is 5.22. The average Bonchev–Trinajstić information content (AvgIpc) is 2.98. The van der Waals surface area contributed by atoms with Crippen LogP contribution >= 0.6 is 0 Å². The summed E-state index contributed by atoms with van der Waals surface area (Å²) < 4.78 is 10.5. The van der Waals surface area contributed by atoms with Gasteiger partial charge in [-0.25, -0.2) is 0 Å². The van der Waals surface area contributed by atoms with Gasteiger partial charge in [-0.1, -0.05) is 0 Å². The Morgan fingerprint density at radius 1 is 1.24 bits per heavy atom. The molecule has 0 fully saturated rings. The molecule has 5 nitrogen and oxygen atoms in total. The maximum atomic E-state index is 11.3. The minimum Gasteiger partial charge on any atom is -0.469 e. The van der Waals surface area contributed by atoms with E-state index >= 15 is 0 Å². The minimum atomic E-state index is -1.02. The fraction of sp³-hybridized carbons (Fsp3) is 0.167. The molecule has 17 heavy (non-hydrogen) atoms. The number of rotatable bonds is 4. The molecule has 2 aromatic heterocycles. The molecule has 86 valence electrons. The van der Waals surface area contributed by atoms with Gasteiger partial charge in [0.15, 0.2) is 0 Å². The van der Waals surface area contributed by atoms with Gasteiger partial charge in [-0.3, -0.25) is 4.79 Å². The third-order valence-corrected chi connectivity index (χ3v) is 2.48. The van der Waals surface area contributed by atoms with Gasteiger partial charge in [0.2, 0.25) is 5.91 Å². The Morgan fingerprint density at radius 3 is 2.06 bits per heavy atom. The fourth-order valence-corrected chi connectivity index (χ4v) is 1.71. The van der Waals surface area contributed by atoms with Crippen LogP contribution in [0.15, 0.2) is 45.6 Å². The van der Waals surface area contributed by atoms with Crippen LogP contribution in [0.1, 0.15) is 17.4 Å². The van der Waals surface area contributed by atoms with Gasteiger partial charge in [0.05, 0.1) is 24.5 Å². The zero-order chi connectivity index (χ0) is 12.3. The van der Waals surface area contributed by atoms with Crippen LogP contribution < -0.4 is 5.73 Å². The molecule has 0 spiro atoms. The summed E-state index contributed by atoms with van der Waals surface area (Å²) in [6.07, 6.45) is 2.95. The summed E-state index contributed by atoms with van der Waals surface area (Å²) in [6, 6.07) is 8.61. The number of furan rings is 2. The van der Waals surface area contributed by atoms with Crippen LogP contribution in [0, 0.1) is 17.2 Å². The first-order chi connectivity index (χ1) is 8.24. The monoisotopic (exact) mass is 230 g/mol. The van der Waals surface area contributed by atoms with Crippen molar-refractivity contribution in [2.24, 2.45) is 11.7 Å².